The first kappa shape index (κ1) is 56.5. The third kappa shape index (κ3) is 1920. The molecule has 0 radical (unpaired) electrons. The predicted molar refractivity (Wildman–Crippen MR) is 34.0 cm³/mol. The van der Waals surface area contributed by atoms with Crippen LogP contribution in [0.25, 0.3) is 0 Å². The minimum absolute atomic E-state index is 0. The van der Waals surface area contributed by atoms with Gasteiger partial charge in [-0.05, 0) is 0 Å². The maximum absolute atomic E-state index is 8.55. The van der Waals surface area contributed by atoms with Crippen LogP contribution >= 0.6 is 31.3 Å². The van der Waals surface area contributed by atoms with Crippen LogP contribution in [0, 0.1) is 0 Å². The van der Waals surface area contributed by atoms with Crippen LogP contribution in [0.15, 0.2) is 0 Å². The van der Waals surface area contributed by atoms with E-state index in [4.69, 9.17) is 77.0 Å². The van der Waals surface area contributed by atoms with E-state index in [1.54, 1.807) is 0 Å². The van der Waals surface area contributed by atoms with Gasteiger partial charge in [-0.15, -0.1) is 0 Å². The second kappa shape index (κ2) is 25.0. The Bertz CT molecular complexity index is 299. The van der Waals surface area contributed by atoms with Crippen molar-refractivity contribution in [3.05, 3.63) is 0 Å². The molecule has 0 saturated heterocycles. The summed E-state index contributed by atoms with van der Waals surface area (Å²) in [5.74, 6) is 0. The summed E-state index contributed by atoms with van der Waals surface area (Å²) < 4.78 is 34.2. The van der Waals surface area contributed by atoms with Crippen molar-refractivity contribution in [2.75, 3.05) is 0 Å². The van der Waals surface area contributed by atoms with E-state index in [1.165, 1.54) is 0 Å². The number of rotatable bonds is 0. The van der Waals surface area contributed by atoms with Gasteiger partial charge in [0.25, 0.3) is 0 Å². The van der Waals surface area contributed by atoms with E-state index in [0.717, 1.165) is 0 Å². The molecule has 0 aliphatic heterocycles. The average molecular weight is 690 g/mol. The SMILES string of the molecule is O.O=P([O-])([O-])[O-].O=P([O-])([O-])[O-].O=P([O-])([O-])[O-].O=P([O-])([O-])[O-].[Mo].[Zn+2].[Zn+2].[Zn+2]. The maximum atomic E-state index is 8.55. The summed E-state index contributed by atoms with van der Waals surface area (Å²) in [6.07, 6.45) is 0. The molecular formula is H2MoO17P4Zn3-6. The third-order valence-electron chi connectivity index (χ3n) is 0. The molecule has 17 nitrogen and oxygen atoms in total. The zero-order chi connectivity index (χ0) is 18.0. The van der Waals surface area contributed by atoms with Crippen LogP contribution in [0.3, 0.4) is 0 Å². The zero-order valence-corrected chi connectivity index (χ0v) is 25.8. The van der Waals surface area contributed by atoms with Gasteiger partial charge in [0.05, 0.1) is 0 Å². The normalized spacial score (nSPS) is 9.44. The van der Waals surface area contributed by atoms with Crippen molar-refractivity contribution in [2.45, 2.75) is 0 Å². The molecule has 0 heterocycles. The van der Waals surface area contributed by atoms with Gasteiger partial charge in [0.1, 0.15) is 0 Å². The molecule has 0 aromatic heterocycles. The average Bonchev–Trinajstić information content (AvgIpc) is 1.62. The molecule has 0 spiro atoms. The molecule has 0 fully saturated rings. The number of hydrogen-bond acceptors (Lipinski definition) is 16. The second-order valence-corrected chi connectivity index (χ2v) is 5.37. The van der Waals surface area contributed by atoms with Crippen LogP contribution in [0.4, 0.5) is 0 Å². The Morgan fingerprint density at radius 3 is 0.360 bits per heavy atom. The Balaban J connectivity index is -0.0000000183. The first-order chi connectivity index (χ1) is 8.00. The fourth-order valence-corrected chi connectivity index (χ4v) is 0. The van der Waals surface area contributed by atoms with Crippen LogP contribution in [-0.4, -0.2) is 5.48 Å². The predicted octanol–water partition coefficient (Wildman–Crippen LogP) is -12.1. The quantitative estimate of drug-likeness (QED) is 0.168. The van der Waals surface area contributed by atoms with Crippen molar-refractivity contribution in [2.24, 2.45) is 0 Å². The molecule has 0 aromatic carbocycles. The smallest absolute Gasteiger partial charge is 0.822 e. The van der Waals surface area contributed by atoms with Gasteiger partial charge in [-0.3, -0.25) is 0 Å². The van der Waals surface area contributed by atoms with Gasteiger partial charge in [-0.2, -0.15) is 31.3 Å². The van der Waals surface area contributed by atoms with Gasteiger partial charge < -0.3 is 82.5 Å². The molecule has 0 amide bonds. The molecule has 0 atom stereocenters. The Kier molecular flexibility index (Phi) is 56.5. The third-order valence-corrected chi connectivity index (χ3v) is 0. The van der Waals surface area contributed by atoms with Gasteiger partial charge >= 0.3 is 58.4 Å². The maximum Gasteiger partial charge on any atom is 2.00 e. The Labute approximate surface area is 192 Å². The summed E-state index contributed by atoms with van der Waals surface area (Å²) in [5, 5.41) is 0. The first-order valence-electron chi connectivity index (χ1n) is 2.92. The fraction of sp³-hybridized carbons (Fsp3) is 0. The van der Waals surface area contributed by atoms with E-state index in [1.807, 2.05) is 0 Å². The summed E-state index contributed by atoms with van der Waals surface area (Å²) >= 11 is 0. The summed E-state index contributed by atoms with van der Waals surface area (Å²) in [5.41, 5.74) is 0. The molecule has 0 rings (SSSR count). The van der Waals surface area contributed by atoms with Crippen LogP contribution < -0.4 is 58.7 Å². The van der Waals surface area contributed by atoms with Crippen molar-refractivity contribution in [1.82, 2.24) is 0 Å². The second-order valence-electron chi connectivity index (χ2n) is 1.79. The Morgan fingerprint density at radius 2 is 0.360 bits per heavy atom. The summed E-state index contributed by atoms with van der Waals surface area (Å²) in [4.78, 5) is 103. The van der Waals surface area contributed by atoms with E-state index in [-0.39, 0.29) is 85.0 Å². The molecule has 0 aliphatic carbocycles. The van der Waals surface area contributed by atoms with Crippen LogP contribution in [-0.2, 0) is 97.8 Å². The van der Waals surface area contributed by atoms with Crippen molar-refractivity contribution in [3.8, 4) is 0 Å². The van der Waals surface area contributed by atoms with E-state index >= 15 is 0 Å². The standard InChI is InChI=1S/Mo.4H3O4P.H2O.3Zn/c;4*1-5(2,3)4;;;;/h;4*(H3,1,2,3,4);1H2;;;/q;;;;;;3*+2/p-12. The summed E-state index contributed by atoms with van der Waals surface area (Å²) in [6, 6.07) is 0. The van der Waals surface area contributed by atoms with Crippen molar-refractivity contribution >= 4 is 31.3 Å². The molecule has 0 aromatic rings. The first-order valence-corrected chi connectivity index (χ1v) is 8.76. The van der Waals surface area contributed by atoms with Gasteiger partial charge in [0, 0.05) is 21.1 Å². The molecule has 2 N–H and O–H groups in total. The minimum atomic E-state index is -5.39. The van der Waals surface area contributed by atoms with Gasteiger partial charge in [-0.25, -0.2) is 0 Å². The van der Waals surface area contributed by atoms with Crippen molar-refractivity contribution < 1.29 is 162 Å². The van der Waals surface area contributed by atoms with E-state index < -0.39 is 31.3 Å². The Morgan fingerprint density at radius 1 is 0.360 bits per heavy atom. The van der Waals surface area contributed by atoms with Crippen LogP contribution in [0.1, 0.15) is 0 Å². The molecule has 0 saturated carbocycles. The topological polar surface area (TPSA) is 376 Å². The molecular weight excluding hydrogens is 688 g/mol. The van der Waals surface area contributed by atoms with Gasteiger partial charge in [-0.1, -0.05) is 0 Å². The van der Waals surface area contributed by atoms with Gasteiger partial charge in [0.2, 0.25) is 0 Å². The fourth-order valence-electron chi connectivity index (χ4n) is 0. The number of phosphoric acid groups is 4. The largest absolute Gasteiger partial charge is 2.00 e. The van der Waals surface area contributed by atoms with Crippen molar-refractivity contribution in [1.29, 1.82) is 0 Å². The van der Waals surface area contributed by atoms with E-state index in [9.17, 15) is 0 Å². The van der Waals surface area contributed by atoms with E-state index in [2.05, 4.69) is 0 Å². The van der Waals surface area contributed by atoms with Gasteiger partial charge in [0.15, 0.2) is 0 Å². The van der Waals surface area contributed by atoms with Crippen LogP contribution in [0.5, 0.6) is 0 Å². The Hall–Kier alpha value is 2.96. The molecule has 25 heteroatoms. The molecule has 0 unspecified atom stereocenters. The van der Waals surface area contributed by atoms with E-state index in [0.29, 0.717) is 0 Å². The minimum Gasteiger partial charge on any atom is -0.822 e. The monoisotopic (exact) mass is 688 g/mol. The molecule has 0 bridgehead atoms. The summed E-state index contributed by atoms with van der Waals surface area (Å²) in [6.45, 7) is 0. The molecule has 25 heavy (non-hydrogen) atoms. The molecule has 142 valence electrons. The molecule has 0 aliphatic rings. The van der Waals surface area contributed by atoms with Crippen molar-refractivity contribution in [3.63, 3.8) is 0 Å². The zero-order valence-electron chi connectivity index (χ0n) is 11.4. The number of hydrogen-bond donors (Lipinski definition) is 0. The van der Waals surface area contributed by atoms with Crippen LogP contribution in [0.2, 0.25) is 0 Å². The summed E-state index contributed by atoms with van der Waals surface area (Å²) in [7, 11) is -21.6.